The summed E-state index contributed by atoms with van der Waals surface area (Å²) in [4.78, 5) is 0. The third kappa shape index (κ3) is 3.59. The topological polar surface area (TPSA) is 39.7 Å². The van der Waals surface area contributed by atoms with Crippen molar-refractivity contribution in [2.75, 3.05) is 26.8 Å². The first-order valence-electron chi connectivity index (χ1n) is 7.55. The van der Waals surface area contributed by atoms with Crippen LogP contribution in [-0.2, 0) is 4.74 Å². The highest BCUT2D eigenvalue weighted by atomic mass is 16.5. The summed E-state index contributed by atoms with van der Waals surface area (Å²) >= 11 is 0. The minimum absolute atomic E-state index is 0.00162. The van der Waals surface area contributed by atoms with Crippen LogP contribution in [0.5, 0.6) is 11.5 Å². The molecule has 0 saturated carbocycles. The van der Waals surface area contributed by atoms with E-state index in [-0.39, 0.29) is 12.2 Å². The Morgan fingerprint density at radius 3 is 2.41 bits per heavy atom. The van der Waals surface area contributed by atoms with E-state index in [2.05, 4.69) is 17.4 Å². The van der Waals surface area contributed by atoms with Gasteiger partial charge in [-0.15, -0.1) is 0 Å². The van der Waals surface area contributed by atoms with Crippen molar-refractivity contribution in [3.63, 3.8) is 0 Å². The van der Waals surface area contributed by atoms with Crippen molar-refractivity contribution < 1.29 is 14.2 Å². The van der Waals surface area contributed by atoms with E-state index in [0.29, 0.717) is 6.61 Å². The molecule has 1 aliphatic rings. The average Bonchev–Trinajstić information content (AvgIpc) is 2.62. The molecule has 22 heavy (non-hydrogen) atoms. The average molecular weight is 299 g/mol. The summed E-state index contributed by atoms with van der Waals surface area (Å²) in [6.07, 6.45) is -0.138. The Morgan fingerprint density at radius 1 is 1.05 bits per heavy atom. The lowest BCUT2D eigenvalue weighted by Gasteiger charge is -2.31. The maximum Gasteiger partial charge on any atom is 0.151 e. The first-order valence-corrected chi connectivity index (χ1v) is 7.55. The molecular formula is C18H21NO3. The van der Waals surface area contributed by atoms with Gasteiger partial charge in [-0.25, -0.2) is 0 Å². The molecule has 2 unspecified atom stereocenters. The molecule has 1 N–H and O–H groups in total. The molecule has 2 aromatic rings. The van der Waals surface area contributed by atoms with Crippen molar-refractivity contribution in [2.24, 2.45) is 0 Å². The molecule has 0 aliphatic carbocycles. The van der Waals surface area contributed by atoms with Crippen LogP contribution < -0.4 is 14.8 Å². The van der Waals surface area contributed by atoms with Crippen molar-refractivity contribution in [1.29, 1.82) is 0 Å². The quantitative estimate of drug-likeness (QED) is 0.921. The minimum Gasteiger partial charge on any atom is -0.497 e. The molecule has 4 nitrogen and oxygen atoms in total. The third-order valence-corrected chi connectivity index (χ3v) is 3.74. The Bertz CT molecular complexity index is 565. The predicted octanol–water partition coefficient (Wildman–Crippen LogP) is 2.80. The molecule has 0 aromatic heterocycles. The van der Waals surface area contributed by atoms with Crippen LogP contribution in [-0.4, -0.2) is 32.9 Å². The van der Waals surface area contributed by atoms with Gasteiger partial charge < -0.3 is 19.5 Å². The molecular weight excluding hydrogens is 278 g/mol. The van der Waals surface area contributed by atoms with Gasteiger partial charge in [-0.05, 0) is 29.8 Å². The number of hydrogen-bond donors (Lipinski definition) is 1. The summed E-state index contributed by atoms with van der Waals surface area (Å²) in [5, 5.41) is 3.36. The van der Waals surface area contributed by atoms with Crippen molar-refractivity contribution in [2.45, 2.75) is 12.2 Å². The molecule has 1 heterocycles. The van der Waals surface area contributed by atoms with Crippen molar-refractivity contribution in [3.8, 4) is 11.5 Å². The van der Waals surface area contributed by atoms with Crippen molar-refractivity contribution in [3.05, 3.63) is 60.2 Å². The van der Waals surface area contributed by atoms with Crippen LogP contribution in [0.4, 0.5) is 0 Å². The molecule has 1 saturated heterocycles. The van der Waals surface area contributed by atoms with E-state index in [1.54, 1.807) is 7.11 Å². The van der Waals surface area contributed by atoms with E-state index < -0.39 is 0 Å². The lowest BCUT2D eigenvalue weighted by atomic mass is 10.0. The van der Waals surface area contributed by atoms with Gasteiger partial charge in [-0.2, -0.15) is 0 Å². The Labute approximate surface area is 131 Å². The SMILES string of the molecule is COc1ccc(OC(c2ccccc2)C2CNCCO2)cc1. The zero-order chi connectivity index (χ0) is 15.2. The standard InChI is InChI=1S/C18H21NO3/c1-20-15-7-9-16(10-8-15)22-18(14-5-3-2-4-6-14)17-13-19-11-12-21-17/h2-10,17-19H,11-13H2,1H3. The Hall–Kier alpha value is -2.04. The molecule has 2 atom stereocenters. The second kappa shape index (κ2) is 7.29. The summed E-state index contributed by atoms with van der Waals surface area (Å²) in [5.41, 5.74) is 1.12. The van der Waals surface area contributed by atoms with Gasteiger partial charge in [-0.1, -0.05) is 30.3 Å². The van der Waals surface area contributed by atoms with Crippen LogP contribution in [0.3, 0.4) is 0 Å². The molecule has 3 rings (SSSR count). The summed E-state index contributed by atoms with van der Waals surface area (Å²) in [7, 11) is 1.66. The normalized spacial score (nSPS) is 19.4. The molecule has 1 aliphatic heterocycles. The van der Waals surface area contributed by atoms with Crippen LogP contribution in [0.15, 0.2) is 54.6 Å². The molecule has 0 radical (unpaired) electrons. The fourth-order valence-electron chi connectivity index (χ4n) is 2.58. The molecule has 0 amide bonds. The number of ether oxygens (including phenoxy) is 3. The highest BCUT2D eigenvalue weighted by Crippen LogP contribution is 2.28. The maximum absolute atomic E-state index is 6.22. The van der Waals surface area contributed by atoms with E-state index in [1.165, 1.54) is 0 Å². The second-order valence-electron chi connectivity index (χ2n) is 5.24. The number of morpholine rings is 1. The predicted molar refractivity (Wildman–Crippen MR) is 85.4 cm³/mol. The van der Waals surface area contributed by atoms with Crippen LogP contribution in [0, 0.1) is 0 Å². The smallest absolute Gasteiger partial charge is 0.151 e. The molecule has 0 bridgehead atoms. The summed E-state index contributed by atoms with van der Waals surface area (Å²) in [5.74, 6) is 1.63. The van der Waals surface area contributed by atoms with Crippen LogP contribution in [0.1, 0.15) is 11.7 Å². The van der Waals surface area contributed by atoms with Gasteiger partial charge in [0.15, 0.2) is 6.10 Å². The highest BCUT2D eigenvalue weighted by Gasteiger charge is 2.27. The van der Waals surface area contributed by atoms with Gasteiger partial charge in [0.05, 0.1) is 13.7 Å². The lowest BCUT2D eigenvalue weighted by molar-refractivity contribution is -0.0432. The Balaban J connectivity index is 1.81. The zero-order valence-corrected chi connectivity index (χ0v) is 12.7. The molecule has 116 valence electrons. The van der Waals surface area contributed by atoms with Gasteiger partial charge in [0.1, 0.15) is 17.6 Å². The van der Waals surface area contributed by atoms with Gasteiger partial charge in [-0.3, -0.25) is 0 Å². The molecule has 4 heteroatoms. The van der Waals surface area contributed by atoms with Gasteiger partial charge >= 0.3 is 0 Å². The van der Waals surface area contributed by atoms with Gasteiger partial charge in [0, 0.05) is 13.1 Å². The van der Waals surface area contributed by atoms with E-state index in [9.17, 15) is 0 Å². The fraction of sp³-hybridized carbons (Fsp3) is 0.333. The summed E-state index contributed by atoms with van der Waals surface area (Å²) in [6, 6.07) is 17.9. The van der Waals surface area contributed by atoms with E-state index in [4.69, 9.17) is 14.2 Å². The Kier molecular flexibility index (Phi) is 4.93. The first-order chi connectivity index (χ1) is 10.9. The first kappa shape index (κ1) is 14.9. The number of benzene rings is 2. The number of methoxy groups -OCH3 is 1. The monoisotopic (exact) mass is 299 g/mol. The van der Waals surface area contributed by atoms with Crippen LogP contribution in [0.2, 0.25) is 0 Å². The fourth-order valence-corrected chi connectivity index (χ4v) is 2.58. The molecule has 1 fully saturated rings. The van der Waals surface area contributed by atoms with E-state index in [0.717, 1.165) is 30.2 Å². The van der Waals surface area contributed by atoms with Crippen molar-refractivity contribution >= 4 is 0 Å². The number of hydrogen-bond acceptors (Lipinski definition) is 4. The second-order valence-corrected chi connectivity index (χ2v) is 5.24. The molecule has 0 spiro atoms. The number of rotatable bonds is 5. The Morgan fingerprint density at radius 2 is 1.77 bits per heavy atom. The van der Waals surface area contributed by atoms with Crippen LogP contribution in [0.25, 0.3) is 0 Å². The van der Waals surface area contributed by atoms with E-state index in [1.807, 2.05) is 42.5 Å². The summed E-state index contributed by atoms with van der Waals surface area (Å²) < 4.78 is 17.3. The summed E-state index contributed by atoms with van der Waals surface area (Å²) in [6.45, 7) is 2.39. The third-order valence-electron chi connectivity index (χ3n) is 3.74. The maximum atomic E-state index is 6.22. The zero-order valence-electron chi connectivity index (χ0n) is 12.7. The van der Waals surface area contributed by atoms with Crippen LogP contribution >= 0.6 is 0 Å². The highest BCUT2D eigenvalue weighted by molar-refractivity contribution is 5.32. The largest absolute Gasteiger partial charge is 0.497 e. The van der Waals surface area contributed by atoms with Gasteiger partial charge in [0.25, 0.3) is 0 Å². The minimum atomic E-state index is -0.137. The van der Waals surface area contributed by atoms with Crippen molar-refractivity contribution in [1.82, 2.24) is 5.32 Å². The number of nitrogens with one attached hydrogen (secondary N) is 1. The lowest BCUT2D eigenvalue weighted by Crippen LogP contribution is -2.43. The molecule has 2 aromatic carbocycles. The van der Waals surface area contributed by atoms with E-state index >= 15 is 0 Å². The van der Waals surface area contributed by atoms with Gasteiger partial charge in [0.2, 0.25) is 0 Å².